The van der Waals surface area contributed by atoms with Gasteiger partial charge in [0.2, 0.25) is 0 Å². The number of amides is 1. The first-order valence-corrected chi connectivity index (χ1v) is 11.1. The molecule has 6 nitrogen and oxygen atoms in total. The van der Waals surface area contributed by atoms with Crippen molar-refractivity contribution < 1.29 is 14.3 Å². The maximum atomic E-state index is 13.6. The zero-order valence-electron chi connectivity index (χ0n) is 18.6. The molecular formula is C26H21N3O3S. The number of anilines is 1. The van der Waals surface area contributed by atoms with E-state index in [4.69, 9.17) is 9.72 Å². The van der Waals surface area contributed by atoms with E-state index in [2.05, 4.69) is 11.4 Å². The van der Waals surface area contributed by atoms with Gasteiger partial charge in [-0.1, -0.05) is 48.0 Å². The van der Waals surface area contributed by atoms with Crippen LogP contribution in [0.15, 0.2) is 48.5 Å². The summed E-state index contributed by atoms with van der Waals surface area (Å²) in [5, 5.41) is 13.5. The van der Waals surface area contributed by atoms with Gasteiger partial charge in [0.05, 0.1) is 29.4 Å². The second kappa shape index (κ2) is 8.85. The molecule has 4 rings (SSSR count). The number of ether oxygens (including phenoxy) is 1. The number of hydrogen-bond acceptors (Lipinski definition) is 6. The van der Waals surface area contributed by atoms with Gasteiger partial charge >= 0.3 is 5.97 Å². The molecule has 0 unspecified atom stereocenters. The summed E-state index contributed by atoms with van der Waals surface area (Å²) in [5.74, 6) is -0.907. The molecule has 1 amide bonds. The Kier molecular flexibility index (Phi) is 5.95. The number of hydrogen-bond donors (Lipinski definition) is 1. The quantitative estimate of drug-likeness (QED) is 0.393. The molecular weight excluding hydrogens is 434 g/mol. The summed E-state index contributed by atoms with van der Waals surface area (Å²) < 4.78 is 4.81. The number of esters is 1. The molecule has 0 aliphatic heterocycles. The minimum absolute atomic E-state index is 0.253. The van der Waals surface area contributed by atoms with Crippen LogP contribution in [-0.4, -0.2) is 24.0 Å². The number of aromatic nitrogens is 1. The molecule has 0 spiro atoms. The number of thiophene rings is 1. The molecule has 0 radical (unpaired) electrons. The van der Waals surface area contributed by atoms with Crippen LogP contribution in [0.3, 0.4) is 0 Å². The van der Waals surface area contributed by atoms with Crippen molar-refractivity contribution in [3.05, 3.63) is 81.2 Å². The number of rotatable bonds is 4. The van der Waals surface area contributed by atoms with E-state index in [0.29, 0.717) is 31.9 Å². The molecule has 1 N–H and O–H groups in total. The van der Waals surface area contributed by atoms with E-state index >= 15 is 0 Å². The van der Waals surface area contributed by atoms with Crippen LogP contribution in [-0.2, 0) is 4.74 Å². The van der Waals surface area contributed by atoms with Gasteiger partial charge in [0.1, 0.15) is 15.9 Å². The van der Waals surface area contributed by atoms with Crippen LogP contribution in [0.2, 0.25) is 0 Å². The molecule has 0 fully saturated rings. The predicted octanol–water partition coefficient (Wildman–Crippen LogP) is 5.80. The molecule has 2 aromatic carbocycles. The first-order chi connectivity index (χ1) is 15.8. The van der Waals surface area contributed by atoms with Gasteiger partial charge in [0, 0.05) is 10.9 Å². The first-order valence-electron chi connectivity index (χ1n) is 10.2. The average Bonchev–Trinajstić information content (AvgIpc) is 3.13. The summed E-state index contributed by atoms with van der Waals surface area (Å²) in [5.41, 5.74) is 5.41. The molecule has 0 aliphatic rings. The highest BCUT2D eigenvalue weighted by Crippen LogP contribution is 2.35. The molecule has 164 valence electrons. The SMILES string of the molecule is COC(=O)c1sc(NC(=O)c2c(C)c(-c3ccc(C)cc3)nc3ccccc23)c(C#N)c1C. The van der Waals surface area contributed by atoms with Crippen molar-refractivity contribution in [3.8, 4) is 17.3 Å². The van der Waals surface area contributed by atoms with Gasteiger partial charge in [0.15, 0.2) is 0 Å². The van der Waals surface area contributed by atoms with E-state index < -0.39 is 5.97 Å². The highest BCUT2D eigenvalue weighted by Gasteiger charge is 2.24. The van der Waals surface area contributed by atoms with Crippen molar-refractivity contribution in [2.24, 2.45) is 0 Å². The van der Waals surface area contributed by atoms with E-state index in [1.807, 2.05) is 62.4 Å². The fraction of sp³-hybridized carbons (Fsp3) is 0.154. The Morgan fingerprint density at radius 3 is 2.39 bits per heavy atom. The number of nitriles is 1. The fourth-order valence-electron chi connectivity index (χ4n) is 3.78. The number of para-hydroxylation sites is 1. The van der Waals surface area contributed by atoms with Gasteiger partial charge in [-0.3, -0.25) is 4.79 Å². The Morgan fingerprint density at radius 2 is 1.73 bits per heavy atom. The Labute approximate surface area is 195 Å². The average molecular weight is 456 g/mol. The molecule has 0 bridgehead atoms. The zero-order chi connectivity index (χ0) is 23.7. The van der Waals surface area contributed by atoms with Crippen molar-refractivity contribution in [2.75, 3.05) is 12.4 Å². The number of carbonyl (C=O) groups excluding carboxylic acids is 2. The third kappa shape index (κ3) is 3.97. The van der Waals surface area contributed by atoms with E-state index in [9.17, 15) is 14.9 Å². The summed E-state index contributed by atoms with van der Waals surface area (Å²) in [4.78, 5) is 30.8. The third-order valence-corrected chi connectivity index (χ3v) is 6.73. The molecule has 0 atom stereocenters. The zero-order valence-corrected chi connectivity index (χ0v) is 19.5. The number of fused-ring (bicyclic) bond motifs is 1. The largest absolute Gasteiger partial charge is 0.465 e. The Morgan fingerprint density at radius 1 is 1.03 bits per heavy atom. The molecule has 2 heterocycles. The van der Waals surface area contributed by atoms with Crippen LogP contribution in [0.1, 0.15) is 42.3 Å². The van der Waals surface area contributed by atoms with Gasteiger partial charge in [-0.2, -0.15) is 5.26 Å². The number of nitrogens with one attached hydrogen (secondary N) is 1. The number of pyridine rings is 1. The molecule has 0 saturated heterocycles. The number of methoxy groups -OCH3 is 1. The number of benzene rings is 2. The molecule has 4 aromatic rings. The van der Waals surface area contributed by atoms with Gasteiger partial charge in [-0.15, -0.1) is 11.3 Å². The van der Waals surface area contributed by atoms with Crippen LogP contribution >= 0.6 is 11.3 Å². The summed E-state index contributed by atoms with van der Waals surface area (Å²) in [6.07, 6.45) is 0. The molecule has 0 saturated carbocycles. The summed E-state index contributed by atoms with van der Waals surface area (Å²) >= 11 is 1.04. The first kappa shape index (κ1) is 22.2. The van der Waals surface area contributed by atoms with E-state index in [1.54, 1.807) is 6.92 Å². The summed E-state index contributed by atoms with van der Waals surface area (Å²) in [7, 11) is 1.28. The van der Waals surface area contributed by atoms with Gasteiger partial charge in [-0.25, -0.2) is 9.78 Å². The fourth-order valence-corrected chi connectivity index (χ4v) is 4.85. The smallest absolute Gasteiger partial charge is 0.348 e. The van der Waals surface area contributed by atoms with Gasteiger partial charge in [-0.05, 0) is 38.0 Å². The molecule has 33 heavy (non-hydrogen) atoms. The lowest BCUT2D eigenvalue weighted by molar-refractivity contribution is 0.0605. The van der Waals surface area contributed by atoms with E-state index in [-0.39, 0.29) is 11.5 Å². The topological polar surface area (TPSA) is 92.1 Å². The van der Waals surface area contributed by atoms with Crippen LogP contribution in [0.25, 0.3) is 22.2 Å². The second-order valence-electron chi connectivity index (χ2n) is 7.66. The Bertz CT molecular complexity index is 1450. The highest BCUT2D eigenvalue weighted by molar-refractivity contribution is 7.18. The third-order valence-electron chi connectivity index (χ3n) is 5.54. The Hall–Kier alpha value is -4.02. The molecule has 2 aromatic heterocycles. The van der Waals surface area contributed by atoms with Crippen LogP contribution in [0, 0.1) is 32.1 Å². The lowest BCUT2D eigenvalue weighted by atomic mass is 9.96. The van der Waals surface area contributed by atoms with E-state index in [0.717, 1.165) is 33.7 Å². The van der Waals surface area contributed by atoms with Gasteiger partial charge < -0.3 is 10.1 Å². The maximum absolute atomic E-state index is 13.6. The van der Waals surface area contributed by atoms with E-state index in [1.165, 1.54) is 7.11 Å². The lowest BCUT2D eigenvalue weighted by Crippen LogP contribution is -2.15. The van der Waals surface area contributed by atoms with Crippen molar-refractivity contribution >= 4 is 39.1 Å². The number of nitrogens with zero attached hydrogens (tertiary/aromatic N) is 2. The summed E-state index contributed by atoms with van der Waals surface area (Å²) in [6.45, 7) is 5.55. The van der Waals surface area contributed by atoms with Crippen molar-refractivity contribution in [1.82, 2.24) is 4.98 Å². The summed E-state index contributed by atoms with van der Waals surface area (Å²) in [6, 6.07) is 17.5. The molecule has 7 heteroatoms. The van der Waals surface area contributed by atoms with Crippen molar-refractivity contribution in [3.63, 3.8) is 0 Å². The van der Waals surface area contributed by atoms with Crippen LogP contribution in [0.4, 0.5) is 5.00 Å². The monoisotopic (exact) mass is 455 g/mol. The second-order valence-corrected chi connectivity index (χ2v) is 8.68. The van der Waals surface area contributed by atoms with Crippen molar-refractivity contribution in [2.45, 2.75) is 20.8 Å². The predicted molar refractivity (Wildman–Crippen MR) is 130 cm³/mol. The number of aryl methyl sites for hydroxylation is 1. The highest BCUT2D eigenvalue weighted by atomic mass is 32.1. The normalized spacial score (nSPS) is 10.6. The molecule has 0 aliphatic carbocycles. The van der Waals surface area contributed by atoms with Crippen LogP contribution in [0.5, 0.6) is 0 Å². The minimum Gasteiger partial charge on any atom is -0.465 e. The van der Waals surface area contributed by atoms with Crippen LogP contribution < -0.4 is 5.32 Å². The minimum atomic E-state index is -0.540. The maximum Gasteiger partial charge on any atom is 0.348 e. The van der Waals surface area contributed by atoms with Gasteiger partial charge in [0.25, 0.3) is 5.91 Å². The standard InChI is InChI=1S/C26H21N3O3S/c1-14-9-11-17(12-10-14)22-16(3)21(18-7-5-6-8-20(18)28-22)24(30)29-25-19(13-27)15(2)23(33-25)26(31)32-4/h5-12H,1-4H3,(H,29,30). The lowest BCUT2D eigenvalue weighted by Gasteiger charge is -2.14. The Balaban J connectivity index is 1.86. The van der Waals surface area contributed by atoms with Crippen molar-refractivity contribution in [1.29, 1.82) is 5.26 Å². The number of carbonyl (C=O) groups is 2.